The first-order valence-corrected chi connectivity index (χ1v) is 4.92. The molecule has 78 valence electrons. The van der Waals surface area contributed by atoms with Crippen LogP contribution in [0, 0.1) is 5.82 Å². The predicted molar refractivity (Wildman–Crippen MR) is 56.8 cm³/mol. The fourth-order valence-corrected chi connectivity index (χ4v) is 1.85. The molecule has 0 bridgehead atoms. The van der Waals surface area contributed by atoms with E-state index in [9.17, 15) is 9.18 Å². The van der Waals surface area contributed by atoms with Crippen LogP contribution in [0.2, 0.25) is 0 Å². The van der Waals surface area contributed by atoms with Gasteiger partial charge in [0.1, 0.15) is 5.82 Å². The number of nitrogens with one attached hydrogen (secondary N) is 1. The van der Waals surface area contributed by atoms with Gasteiger partial charge in [-0.2, -0.15) is 0 Å². The van der Waals surface area contributed by atoms with Gasteiger partial charge in [-0.05, 0) is 41.7 Å². The van der Waals surface area contributed by atoms with Crippen molar-refractivity contribution in [2.24, 2.45) is 0 Å². The van der Waals surface area contributed by atoms with Crippen molar-refractivity contribution in [1.29, 1.82) is 0 Å². The summed E-state index contributed by atoms with van der Waals surface area (Å²) in [6, 6.07) is 4.74. The lowest BCUT2D eigenvalue weighted by atomic mass is 10.1. The van der Waals surface area contributed by atoms with Gasteiger partial charge in [-0.1, -0.05) is 6.07 Å². The summed E-state index contributed by atoms with van der Waals surface area (Å²) >= 11 is 0. The zero-order chi connectivity index (χ0) is 10.8. The van der Waals surface area contributed by atoms with Crippen molar-refractivity contribution in [1.82, 2.24) is 5.32 Å². The molecule has 0 saturated carbocycles. The van der Waals surface area contributed by atoms with Gasteiger partial charge in [0, 0.05) is 13.1 Å². The molecule has 0 atom stereocenters. The number of hydrogen-bond donors (Lipinski definition) is 1. The van der Waals surface area contributed by atoms with Gasteiger partial charge < -0.3 is 5.32 Å². The maximum atomic E-state index is 13.0. The third kappa shape index (κ3) is 1.91. The Labute approximate surface area is 87.8 Å². The van der Waals surface area contributed by atoms with Crippen LogP contribution < -0.4 is 5.32 Å². The van der Waals surface area contributed by atoms with Crippen LogP contribution in [0.1, 0.15) is 17.5 Å². The standard InChI is InChI=1S/C12H12FNO/c1-14-12(15)6-9-3-2-8-4-5-10(13)7-11(8)9/h4-7H,2-3H2,1H3,(H,14,15)/b9-6-. The molecule has 1 aromatic rings. The number of rotatable bonds is 1. The summed E-state index contributed by atoms with van der Waals surface area (Å²) < 4.78 is 13.0. The molecule has 2 rings (SSSR count). The van der Waals surface area contributed by atoms with E-state index >= 15 is 0 Å². The van der Waals surface area contributed by atoms with Gasteiger partial charge in [0.2, 0.25) is 5.91 Å². The molecule has 3 heteroatoms. The average molecular weight is 205 g/mol. The minimum Gasteiger partial charge on any atom is -0.356 e. The second kappa shape index (κ2) is 3.85. The lowest BCUT2D eigenvalue weighted by Crippen LogP contribution is -2.14. The number of fused-ring (bicyclic) bond motifs is 1. The van der Waals surface area contributed by atoms with E-state index in [0.29, 0.717) is 0 Å². The van der Waals surface area contributed by atoms with E-state index in [-0.39, 0.29) is 11.7 Å². The Morgan fingerprint density at radius 1 is 1.47 bits per heavy atom. The van der Waals surface area contributed by atoms with Crippen LogP contribution in [-0.2, 0) is 11.2 Å². The first kappa shape index (κ1) is 9.90. The van der Waals surface area contributed by atoms with Gasteiger partial charge in [0.15, 0.2) is 0 Å². The molecular weight excluding hydrogens is 193 g/mol. The molecule has 0 radical (unpaired) electrons. The van der Waals surface area contributed by atoms with Crippen molar-refractivity contribution in [2.45, 2.75) is 12.8 Å². The lowest BCUT2D eigenvalue weighted by molar-refractivity contribution is -0.116. The van der Waals surface area contributed by atoms with Crippen LogP contribution >= 0.6 is 0 Å². The third-order valence-electron chi connectivity index (χ3n) is 2.63. The van der Waals surface area contributed by atoms with Crippen LogP contribution in [-0.4, -0.2) is 13.0 Å². The normalized spacial score (nSPS) is 16.5. The van der Waals surface area contributed by atoms with Crippen molar-refractivity contribution in [2.75, 3.05) is 7.05 Å². The number of aryl methyl sites for hydroxylation is 1. The Kier molecular flexibility index (Phi) is 2.54. The molecule has 1 aliphatic carbocycles. The summed E-state index contributed by atoms with van der Waals surface area (Å²) in [4.78, 5) is 11.2. The number of halogens is 1. The van der Waals surface area contributed by atoms with Crippen molar-refractivity contribution in [3.05, 3.63) is 41.2 Å². The quantitative estimate of drug-likeness (QED) is 0.697. The summed E-state index contributed by atoms with van der Waals surface area (Å²) in [6.45, 7) is 0. The molecule has 0 aliphatic heterocycles. The summed E-state index contributed by atoms with van der Waals surface area (Å²) in [5.41, 5.74) is 2.91. The smallest absolute Gasteiger partial charge is 0.244 e. The number of allylic oxidation sites excluding steroid dienone is 1. The Hall–Kier alpha value is -1.64. The van der Waals surface area contributed by atoms with E-state index in [1.165, 1.54) is 12.1 Å². The highest BCUT2D eigenvalue weighted by atomic mass is 19.1. The van der Waals surface area contributed by atoms with Crippen LogP contribution in [0.25, 0.3) is 5.57 Å². The molecule has 2 nitrogen and oxygen atoms in total. The largest absolute Gasteiger partial charge is 0.356 e. The van der Waals surface area contributed by atoms with Crippen molar-refractivity contribution in [3.63, 3.8) is 0 Å². The van der Waals surface area contributed by atoms with E-state index in [1.807, 2.05) is 0 Å². The molecule has 0 saturated heterocycles. The summed E-state index contributed by atoms with van der Waals surface area (Å²) in [6.07, 6.45) is 3.25. The predicted octanol–water partition coefficient (Wildman–Crippen LogP) is 1.90. The monoisotopic (exact) mass is 205 g/mol. The zero-order valence-corrected chi connectivity index (χ0v) is 8.51. The molecule has 15 heavy (non-hydrogen) atoms. The maximum Gasteiger partial charge on any atom is 0.244 e. The summed E-state index contributed by atoms with van der Waals surface area (Å²) in [5.74, 6) is -0.388. The van der Waals surface area contributed by atoms with Crippen LogP contribution in [0.15, 0.2) is 24.3 Å². The first-order valence-electron chi connectivity index (χ1n) is 4.92. The Bertz CT molecular complexity index is 437. The van der Waals surface area contributed by atoms with Gasteiger partial charge in [0.05, 0.1) is 0 Å². The van der Waals surface area contributed by atoms with Crippen LogP contribution in [0.5, 0.6) is 0 Å². The molecule has 0 unspecified atom stereocenters. The van der Waals surface area contributed by atoms with Crippen molar-refractivity contribution >= 4 is 11.5 Å². The van der Waals surface area contributed by atoms with E-state index < -0.39 is 0 Å². The number of likely N-dealkylation sites (N-methyl/N-ethyl adjacent to an activating group) is 1. The number of amides is 1. The number of hydrogen-bond acceptors (Lipinski definition) is 1. The Morgan fingerprint density at radius 3 is 3.00 bits per heavy atom. The third-order valence-corrected chi connectivity index (χ3v) is 2.63. The topological polar surface area (TPSA) is 29.1 Å². The van der Waals surface area contributed by atoms with E-state index in [0.717, 1.165) is 29.5 Å². The summed E-state index contributed by atoms with van der Waals surface area (Å²) in [5, 5.41) is 2.53. The molecule has 1 N–H and O–H groups in total. The van der Waals surface area contributed by atoms with Gasteiger partial charge in [-0.15, -0.1) is 0 Å². The molecule has 0 heterocycles. The second-order valence-corrected chi connectivity index (χ2v) is 3.59. The highest BCUT2D eigenvalue weighted by molar-refractivity contribution is 5.96. The van der Waals surface area contributed by atoms with E-state index in [1.54, 1.807) is 19.2 Å². The van der Waals surface area contributed by atoms with Crippen molar-refractivity contribution in [3.8, 4) is 0 Å². The lowest BCUT2D eigenvalue weighted by Gasteiger charge is -2.00. The number of carbonyl (C=O) groups is 1. The molecule has 1 amide bonds. The fraction of sp³-hybridized carbons (Fsp3) is 0.250. The maximum absolute atomic E-state index is 13.0. The van der Waals surface area contributed by atoms with Crippen LogP contribution in [0.4, 0.5) is 4.39 Å². The number of carbonyl (C=O) groups excluding carboxylic acids is 1. The average Bonchev–Trinajstić information content (AvgIpc) is 2.61. The van der Waals surface area contributed by atoms with Gasteiger partial charge >= 0.3 is 0 Å². The number of benzene rings is 1. The van der Waals surface area contributed by atoms with Gasteiger partial charge in [-0.25, -0.2) is 4.39 Å². The minimum atomic E-state index is -0.251. The Morgan fingerprint density at radius 2 is 2.27 bits per heavy atom. The van der Waals surface area contributed by atoms with Gasteiger partial charge in [-0.3, -0.25) is 4.79 Å². The summed E-state index contributed by atoms with van der Waals surface area (Å²) in [7, 11) is 1.58. The SMILES string of the molecule is CNC(=O)/C=C1/CCc2ccc(F)cc21. The second-order valence-electron chi connectivity index (χ2n) is 3.59. The Balaban J connectivity index is 2.39. The highest BCUT2D eigenvalue weighted by Crippen LogP contribution is 2.32. The molecule has 1 aliphatic rings. The highest BCUT2D eigenvalue weighted by Gasteiger charge is 2.17. The molecular formula is C12H12FNO. The molecule has 0 fully saturated rings. The van der Waals surface area contributed by atoms with Gasteiger partial charge in [0.25, 0.3) is 0 Å². The van der Waals surface area contributed by atoms with E-state index in [2.05, 4.69) is 5.32 Å². The zero-order valence-electron chi connectivity index (χ0n) is 8.51. The first-order chi connectivity index (χ1) is 7.20. The van der Waals surface area contributed by atoms with Crippen LogP contribution in [0.3, 0.4) is 0 Å². The molecule has 0 aromatic heterocycles. The minimum absolute atomic E-state index is 0.137. The molecule has 0 spiro atoms. The molecule has 1 aromatic carbocycles. The van der Waals surface area contributed by atoms with Crippen molar-refractivity contribution < 1.29 is 9.18 Å². The fourth-order valence-electron chi connectivity index (χ4n) is 1.85. The van der Waals surface area contributed by atoms with E-state index in [4.69, 9.17) is 0 Å².